The minimum Gasteiger partial charge on any atom is -0.369 e. The van der Waals surface area contributed by atoms with Crippen molar-refractivity contribution in [1.82, 2.24) is 14.1 Å². The van der Waals surface area contributed by atoms with Crippen molar-refractivity contribution in [3.8, 4) is 0 Å². The van der Waals surface area contributed by atoms with Gasteiger partial charge in [0.2, 0.25) is 21.8 Å². The Morgan fingerprint density at radius 2 is 1.73 bits per heavy atom. The van der Waals surface area contributed by atoms with Gasteiger partial charge in [-0.25, -0.2) is 8.42 Å². The van der Waals surface area contributed by atoms with Crippen LogP contribution in [-0.4, -0.2) is 80.2 Å². The molecule has 2 N–H and O–H groups in total. The van der Waals surface area contributed by atoms with Crippen LogP contribution in [-0.2, 0) is 19.6 Å². The van der Waals surface area contributed by atoms with Gasteiger partial charge in [0.05, 0.1) is 11.6 Å². The second-order valence-corrected chi connectivity index (χ2v) is 10.4. The van der Waals surface area contributed by atoms with Crippen molar-refractivity contribution >= 4 is 45.0 Å². The number of amides is 2. The van der Waals surface area contributed by atoms with Gasteiger partial charge in [-0.15, -0.1) is 0 Å². The predicted molar refractivity (Wildman–Crippen MR) is 115 cm³/mol. The number of hydrogen-bond acceptors (Lipinski definition) is 5. The highest BCUT2D eigenvalue weighted by atomic mass is 35.5. The summed E-state index contributed by atoms with van der Waals surface area (Å²) in [6.45, 7) is 3.21. The number of carbonyl (C=O) groups excluding carboxylic acids is 2. The Morgan fingerprint density at radius 3 is 2.40 bits per heavy atom. The van der Waals surface area contributed by atoms with Gasteiger partial charge >= 0.3 is 0 Å². The quantitative estimate of drug-likeness (QED) is 0.691. The van der Waals surface area contributed by atoms with E-state index in [-0.39, 0.29) is 47.3 Å². The number of sulfonamides is 1. The number of rotatable bonds is 5. The van der Waals surface area contributed by atoms with Crippen molar-refractivity contribution in [3.63, 3.8) is 0 Å². The average molecular weight is 477 g/mol. The lowest BCUT2D eigenvalue weighted by molar-refractivity contribution is -0.136. The first-order valence-corrected chi connectivity index (χ1v) is 12.1. The molecule has 0 atom stereocenters. The molecule has 0 aliphatic carbocycles. The minimum atomic E-state index is -3.77. The number of halogens is 2. The summed E-state index contributed by atoms with van der Waals surface area (Å²) in [6, 6.07) is 4.36. The molecule has 11 heteroatoms. The molecule has 8 nitrogen and oxygen atoms in total. The van der Waals surface area contributed by atoms with Crippen LogP contribution in [0, 0.1) is 5.92 Å². The third-order valence-corrected chi connectivity index (χ3v) is 8.21. The Hall–Kier alpha value is -1.39. The molecule has 0 aromatic heterocycles. The van der Waals surface area contributed by atoms with Gasteiger partial charge in [-0.3, -0.25) is 14.5 Å². The van der Waals surface area contributed by atoms with Crippen LogP contribution in [0.3, 0.4) is 0 Å². The van der Waals surface area contributed by atoms with Gasteiger partial charge in [-0.05, 0) is 37.5 Å². The molecule has 2 amide bonds. The van der Waals surface area contributed by atoms with E-state index in [1.165, 1.54) is 16.4 Å². The van der Waals surface area contributed by atoms with Crippen LogP contribution < -0.4 is 5.73 Å². The summed E-state index contributed by atoms with van der Waals surface area (Å²) in [5, 5.41) is 0.428. The van der Waals surface area contributed by atoms with E-state index in [9.17, 15) is 18.0 Å². The maximum absolute atomic E-state index is 13.0. The molecule has 2 saturated heterocycles. The number of carbonyl (C=O) groups is 2. The average Bonchev–Trinajstić information content (AvgIpc) is 2.94. The fourth-order valence-electron chi connectivity index (χ4n) is 3.99. The number of primary amides is 1. The first kappa shape index (κ1) is 23.3. The highest BCUT2D eigenvalue weighted by molar-refractivity contribution is 7.89. The Bertz CT molecular complexity index is 904. The summed E-state index contributed by atoms with van der Waals surface area (Å²) in [6.07, 6.45) is 1.69. The summed E-state index contributed by atoms with van der Waals surface area (Å²) in [4.78, 5) is 27.9. The summed E-state index contributed by atoms with van der Waals surface area (Å²) < 4.78 is 27.3. The maximum atomic E-state index is 13.0. The minimum absolute atomic E-state index is 0.0106. The van der Waals surface area contributed by atoms with Gasteiger partial charge in [0, 0.05) is 50.2 Å². The molecule has 2 aliphatic heterocycles. The van der Waals surface area contributed by atoms with E-state index in [4.69, 9.17) is 28.9 Å². The predicted octanol–water partition coefficient (Wildman–Crippen LogP) is 1.41. The van der Waals surface area contributed by atoms with Crippen molar-refractivity contribution in [1.29, 1.82) is 0 Å². The molecule has 2 aliphatic rings. The number of hydrogen-bond donors (Lipinski definition) is 1. The molecule has 30 heavy (non-hydrogen) atoms. The Morgan fingerprint density at radius 1 is 1.03 bits per heavy atom. The van der Waals surface area contributed by atoms with Crippen LogP contribution in [0.1, 0.15) is 19.3 Å². The molecule has 0 saturated carbocycles. The van der Waals surface area contributed by atoms with E-state index in [2.05, 4.69) is 0 Å². The van der Waals surface area contributed by atoms with Gasteiger partial charge in [-0.1, -0.05) is 23.2 Å². The topological polar surface area (TPSA) is 104 Å². The fourth-order valence-corrected chi connectivity index (χ4v) is 6.19. The number of nitrogens with zero attached hydrogens (tertiary/aromatic N) is 3. The SMILES string of the molecule is NC(=O)CN1CCCN(C(=O)C2CCN(S(=O)(=O)c3cc(Cl)ccc3Cl)CC2)CC1. The van der Waals surface area contributed by atoms with Gasteiger partial charge in [0.25, 0.3) is 0 Å². The van der Waals surface area contributed by atoms with Crippen LogP contribution in [0.25, 0.3) is 0 Å². The summed E-state index contributed by atoms with van der Waals surface area (Å²) in [5.41, 5.74) is 5.26. The smallest absolute Gasteiger partial charge is 0.244 e. The monoisotopic (exact) mass is 476 g/mol. The van der Waals surface area contributed by atoms with Crippen LogP contribution in [0.5, 0.6) is 0 Å². The van der Waals surface area contributed by atoms with Gasteiger partial charge in [0.1, 0.15) is 4.90 Å². The molecular weight excluding hydrogens is 451 g/mol. The summed E-state index contributed by atoms with van der Waals surface area (Å²) in [5.74, 6) is -0.536. The molecule has 3 rings (SSSR count). The number of piperidine rings is 1. The van der Waals surface area contributed by atoms with Gasteiger partial charge in [0.15, 0.2) is 0 Å². The third-order valence-electron chi connectivity index (χ3n) is 5.59. The van der Waals surface area contributed by atoms with Crippen LogP contribution in [0.4, 0.5) is 0 Å². The lowest BCUT2D eigenvalue weighted by atomic mass is 9.96. The second kappa shape index (κ2) is 9.82. The molecular formula is C19H26Cl2N4O4S. The van der Waals surface area contributed by atoms with Crippen molar-refractivity contribution in [2.24, 2.45) is 11.7 Å². The summed E-state index contributed by atoms with van der Waals surface area (Å²) in [7, 11) is -3.77. The molecule has 2 fully saturated rings. The van der Waals surface area contributed by atoms with Crippen molar-refractivity contribution in [2.75, 3.05) is 45.8 Å². The van der Waals surface area contributed by atoms with E-state index < -0.39 is 10.0 Å². The van der Waals surface area contributed by atoms with E-state index in [1.54, 1.807) is 6.07 Å². The molecule has 0 radical (unpaired) electrons. The van der Waals surface area contributed by atoms with E-state index in [0.717, 1.165) is 13.0 Å². The maximum Gasteiger partial charge on any atom is 0.244 e. The normalized spacial score (nSPS) is 20.1. The van der Waals surface area contributed by atoms with Crippen molar-refractivity contribution in [2.45, 2.75) is 24.2 Å². The highest BCUT2D eigenvalue weighted by Gasteiger charge is 2.35. The zero-order valence-corrected chi connectivity index (χ0v) is 18.9. The Balaban J connectivity index is 1.59. The van der Waals surface area contributed by atoms with Gasteiger partial charge in [-0.2, -0.15) is 4.31 Å². The molecule has 1 aromatic carbocycles. The lowest BCUT2D eigenvalue weighted by Gasteiger charge is -2.33. The first-order chi connectivity index (χ1) is 14.2. The first-order valence-electron chi connectivity index (χ1n) is 9.93. The second-order valence-electron chi connectivity index (χ2n) is 7.67. The molecule has 1 aromatic rings. The zero-order chi connectivity index (χ0) is 21.9. The van der Waals surface area contributed by atoms with Gasteiger partial charge < -0.3 is 10.6 Å². The highest BCUT2D eigenvalue weighted by Crippen LogP contribution is 2.30. The molecule has 2 heterocycles. The molecule has 0 unspecified atom stereocenters. The molecule has 166 valence electrons. The van der Waals surface area contributed by atoms with E-state index >= 15 is 0 Å². The third kappa shape index (κ3) is 5.45. The largest absolute Gasteiger partial charge is 0.369 e. The fraction of sp³-hybridized carbons (Fsp3) is 0.579. The molecule has 0 bridgehead atoms. The number of nitrogens with two attached hydrogens (primary N) is 1. The Labute approximate surface area is 186 Å². The van der Waals surface area contributed by atoms with E-state index in [0.29, 0.717) is 37.5 Å². The zero-order valence-electron chi connectivity index (χ0n) is 16.6. The standard InChI is InChI=1S/C19H26Cl2N4O4S/c20-15-2-3-16(21)17(12-15)30(28,29)25-8-4-14(5-9-25)19(27)24-7-1-6-23(10-11-24)13-18(22)26/h2-3,12,14H,1,4-11,13H2,(H2,22,26). The lowest BCUT2D eigenvalue weighted by Crippen LogP contribution is -2.45. The van der Waals surface area contributed by atoms with Crippen molar-refractivity contribution < 1.29 is 18.0 Å². The van der Waals surface area contributed by atoms with Crippen LogP contribution in [0.15, 0.2) is 23.1 Å². The summed E-state index contributed by atoms with van der Waals surface area (Å²) >= 11 is 12.0. The van der Waals surface area contributed by atoms with Crippen molar-refractivity contribution in [3.05, 3.63) is 28.2 Å². The molecule has 0 spiro atoms. The van der Waals surface area contributed by atoms with Crippen LogP contribution >= 0.6 is 23.2 Å². The van der Waals surface area contributed by atoms with Crippen LogP contribution in [0.2, 0.25) is 10.0 Å². The van der Waals surface area contributed by atoms with E-state index in [1.807, 2.05) is 9.80 Å². The number of benzene rings is 1. The Kier molecular flexibility index (Phi) is 7.62.